The fraction of sp³-hybridized carbons (Fsp3) is 0.0426. The highest BCUT2D eigenvalue weighted by Gasteiger charge is 2.29. The third kappa shape index (κ3) is 4.08. The third-order valence-electron chi connectivity index (χ3n) is 10.6. The topological polar surface area (TPSA) is 21.1 Å². The molecule has 3 heterocycles. The summed E-state index contributed by atoms with van der Waals surface area (Å²) in [6.07, 6.45) is 0.841. The molecule has 0 aliphatic carbocycles. The highest BCUT2D eigenvalue weighted by Crippen LogP contribution is 2.50. The lowest BCUT2D eigenvalue weighted by Gasteiger charge is -2.33. The van der Waals surface area contributed by atoms with E-state index < -0.39 is 0 Å². The van der Waals surface area contributed by atoms with Crippen molar-refractivity contribution < 1.29 is 0 Å². The second-order valence-corrected chi connectivity index (χ2v) is 14.5. The summed E-state index contributed by atoms with van der Waals surface area (Å²) in [5.41, 5.74) is 11.8. The summed E-state index contributed by atoms with van der Waals surface area (Å²) in [6.45, 7) is 2.20. The van der Waals surface area contributed by atoms with Crippen molar-refractivity contribution in [3.8, 4) is 27.9 Å². The van der Waals surface area contributed by atoms with Gasteiger partial charge in [0.15, 0.2) is 0 Å². The molecule has 0 saturated carbocycles. The van der Waals surface area contributed by atoms with Gasteiger partial charge in [0, 0.05) is 32.3 Å². The van der Waals surface area contributed by atoms with E-state index in [2.05, 4.69) is 174 Å². The van der Waals surface area contributed by atoms with Gasteiger partial charge in [-0.3, -0.25) is 4.57 Å². The predicted molar refractivity (Wildman–Crippen MR) is 217 cm³/mol. The Kier molecular flexibility index (Phi) is 6.10. The number of aromatic nitrogens is 2. The lowest BCUT2D eigenvalue weighted by atomic mass is 9.85. The molecule has 0 fully saturated rings. The largest absolute Gasteiger partial charge is 0.306 e. The fourth-order valence-corrected chi connectivity index (χ4v) is 9.64. The highest BCUT2D eigenvalue weighted by molar-refractivity contribution is 7.25. The molecule has 240 valence electrons. The van der Waals surface area contributed by atoms with Crippen LogP contribution in [0.2, 0.25) is 0 Å². The Hall–Kier alpha value is -6.23. The van der Waals surface area contributed by atoms with Gasteiger partial charge in [-0.25, -0.2) is 4.98 Å². The minimum atomic E-state index is 0.841. The molecule has 0 spiro atoms. The van der Waals surface area contributed by atoms with Crippen molar-refractivity contribution in [2.24, 2.45) is 0 Å². The van der Waals surface area contributed by atoms with Gasteiger partial charge in [0.05, 0.1) is 28.1 Å². The van der Waals surface area contributed by atoms with Gasteiger partial charge in [-0.2, -0.15) is 0 Å². The van der Waals surface area contributed by atoms with E-state index in [9.17, 15) is 0 Å². The maximum atomic E-state index is 5.15. The smallest absolute Gasteiger partial charge is 0.114 e. The van der Waals surface area contributed by atoms with Crippen molar-refractivity contribution in [1.82, 2.24) is 9.55 Å². The molecule has 2 aromatic heterocycles. The van der Waals surface area contributed by atoms with E-state index >= 15 is 0 Å². The first-order valence-electron chi connectivity index (χ1n) is 17.6. The van der Waals surface area contributed by atoms with Crippen molar-refractivity contribution in [3.63, 3.8) is 0 Å². The Balaban J connectivity index is 1.19. The van der Waals surface area contributed by atoms with Crippen LogP contribution in [0, 0.1) is 0 Å². The minimum absolute atomic E-state index is 0.841. The standard InChI is InChI=1S/C47H31N3S/c1-2-44-48-38-20-12-21-40-47(38)50(44)41-27-29(24-26-39(41)49(40)31-13-4-3-5-14-31)45-34-16-6-8-18-36(34)46(37-19-9-7-17-35(37)45)30-23-25-33-32-15-10-11-22-42(32)51-43(33)28-30/h3-28H,2H2,1H3. The van der Waals surface area contributed by atoms with Gasteiger partial charge in [0.2, 0.25) is 0 Å². The zero-order valence-corrected chi connectivity index (χ0v) is 28.8. The molecule has 0 atom stereocenters. The average Bonchev–Trinajstić information content (AvgIpc) is 3.76. The monoisotopic (exact) mass is 669 g/mol. The van der Waals surface area contributed by atoms with E-state index in [4.69, 9.17) is 4.98 Å². The second kappa shape index (κ2) is 10.9. The third-order valence-corrected chi connectivity index (χ3v) is 11.8. The van der Waals surface area contributed by atoms with Crippen LogP contribution in [0.15, 0.2) is 158 Å². The molecule has 0 N–H and O–H groups in total. The number of anilines is 3. The van der Waals surface area contributed by atoms with Crippen molar-refractivity contribution >= 4 is 81.1 Å². The Labute approximate surface area is 299 Å². The molecule has 0 bridgehead atoms. The predicted octanol–water partition coefficient (Wildman–Crippen LogP) is 13.4. The summed E-state index contributed by atoms with van der Waals surface area (Å²) >= 11 is 1.88. The molecule has 0 saturated heterocycles. The van der Waals surface area contributed by atoms with Crippen LogP contribution in [-0.2, 0) is 6.42 Å². The van der Waals surface area contributed by atoms with Crippen LogP contribution in [0.4, 0.5) is 17.1 Å². The van der Waals surface area contributed by atoms with Gasteiger partial charge in [0.1, 0.15) is 5.82 Å². The van der Waals surface area contributed by atoms with Crippen LogP contribution in [0.25, 0.3) is 80.7 Å². The molecule has 51 heavy (non-hydrogen) atoms. The summed E-state index contributed by atoms with van der Waals surface area (Å²) in [7, 11) is 0. The van der Waals surface area contributed by atoms with Crippen molar-refractivity contribution in [2.75, 3.05) is 4.90 Å². The number of aryl methyl sites for hydroxylation is 1. The normalized spacial score (nSPS) is 12.5. The summed E-state index contributed by atoms with van der Waals surface area (Å²) in [4.78, 5) is 7.54. The molecule has 10 aromatic rings. The van der Waals surface area contributed by atoms with Gasteiger partial charge in [-0.15, -0.1) is 11.3 Å². The van der Waals surface area contributed by atoms with Crippen LogP contribution < -0.4 is 4.90 Å². The van der Waals surface area contributed by atoms with E-state index in [1.165, 1.54) is 64.0 Å². The molecule has 4 heteroatoms. The molecule has 0 unspecified atom stereocenters. The lowest BCUT2D eigenvalue weighted by Crippen LogP contribution is -2.19. The van der Waals surface area contributed by atoms with Gasteiger partial charge in [0.25, 0.3) is 0 Å². The minimum Gasteiger partial charge on any atom is -0.306 e. The number of nitrogens with zero attached hydrogens (tertiary/aromatic N) is 3. The molecule has 1 aliphatic rings. The molecule has 1 aliphatic heterocycles. The first-order chi connectivity index (χ1) is 25.3. The number of hydrogen-bond donors (Lipinski definition) is 0. The number of thiophene rings is 1. The summed E-state index contributed by atoms with van der Waals surface area (Å²) in [5, 5.41) is 7.69. The first kappa shape index (κ1) is 28.6. The van der Waals surface area contributed by atoms with Gasteiger partial charge < -0.3 is 4.90 Å². The van der Waals surface area contributed by atoms with Crippen LogP contribution in [0.5, 0.6) is 0 Å². The Morgan fingerprint density at radius 2 is 1.10 bits per heavy atom. The molecule has 0 radical (unpaired) electrons. The zero-order valence-electron chi connectivity index (χ0n) is 28.0. The Morgan fingerprint density at radius 3 is 1.80 bits per heavy atom. The zero-order chi connectivity index (χ0) is 33.6. The van der Waals surface area contributed by atoms with E-state index in [0.29, 0.717) is 0 Å². The molecule has 0 amide bonds. The van der Waals surface area contributed by atoms with Gasteiger partial charge >= 0.3 is 0 Å². The van der Waals surface area contributed by atoms with E-state index in [0.717, 1.165) is 46.0 Å². The number of benzene rings is 8. The molecular formula is C47H31N3S. The van der Waals surface area contributed by atoms with Crippen LogP contribution in [0.1, 0.15) is 12.7 Å². The number of para-hydroxylation sites is 2. The average molecular weight is 670 g/mol. The van der Waals surface area contributed by atoms with E-state index in [-0.39, 0.29) is 0 Å². The van der Waals surface area contributed by atoms with Crippen molar-refractivity contribution in [3.05, 3.63) is 164 Å². The fourth-order valence-electron chi connectivity index (χ4n) is 8.50. The number of hydrogen-bond acceptors (Lipinski definition) is 3. The Bertz CT molecular complexity index is 2970. The van der Waals surface area contributed by atoms with Crippen LogP contribution >= 0.6 is 11.3 Å². The second-order valence-electron chi connectivity index (χ2n) is 13.4. The van der Waals surface area contributed by atoms with Crippen molar-refractivity contribution in [2.45, 2.75) is 13.3 Å². The van der Waals surface area contributed by atoms with Crippen molar-refractivity contribution in [1.29, 1.82) is 0 Å². The maximum Gasteiger partial charge on any atom is 0.114 e. The van der Waals surface area contributed by atoms with E-state index in [1.807, 2.05) is 11.3 Å². The molecule has 11 rings (SSSR count). The summed E-state index contributed by atoms with van der Waals surface area (Å²) in [6, 6.07) is 57.9. The first-order valence-corrected chi connectivity index (χ1v) is 18.4. The molecule has 3 nitrogen and oxygen atoms in total. The summed E-state index contributed by atoms with van der Waals surface area (Å²) in [5.74, 6) is 1.07. The molecular weight excluding hydrogens is 639 g/mol. The van der Waals surface area contributed by atoms with E-state index in [1.54, 1.807) is 0 Å². The highest BCUT2D eigenvalue weighted by atomic mass is 32.1. The molecule has 8 aromatic carbocycles. The quantitative estimate of drug-likeness (QED) is 0.174. The number of rotatable bonds is 4. The number of imidazole rings is 1. The number of fused-ring (bicyclic) bond motifs is 7. The lowest BCUT2D eigenvalue weighted by molar-refractivity contribution is 0.901. The van der Waals surface area contributed by atoms with Gasteiger partial charge in [-0.05, 0) is 92.3 Å². The summed E-state index contributed by atoms with van der Waals surface area (Å²) < 4.78 is 5.06. The van der Waals surface area contributed by atoms with Crippen LogP contribution in [-0.4, -0.2) is 9.55 Å². The maximum absolute atomic E-state index is 5.15. The van der Waals surface area contributed by atoms with Crippen LogP contribution in [0.3, 0.4) is 0 Å². The van der Waals surface area contributed by atoms with Gasteiger partial charge in [-0.1, -0.05) is 116 Å². The Morgan fingerprint density at radius 1 is 0.490 bits per heavy atom. The SMILES string of the molecule is CCc1nc2cccc3c2n1-c1cc(-c2c4ccccc4c(-c4ccc5c(c4)sc4ccccc45)c4ccccc24)ccc1N3c1ccccc1.